The van der Waals surface area contributed by atoms with Gasteiger partial charge in [-0.2, -0.15) is 0 Å². The number of hydrogen-bond donors (Lipinski definition) is 2. The van der Waals surface area contributed by atoms with Crippen molar-refractivity contribution in [2.24, 2.45) is 0 Å². The molecule has 0 spiro atoms. The topological polar surface area (TPSA) is 88.5 Å². The van der Waals surface area contributed by atoms with Crippen LogP contribution in [0.4, 0.5) is 0 Å². The van der Waals surface area contributed by atoms with E-state index in [2.05, 4.69) is 10.3 Å². The Kier molecular flexibility index (Phi) is 3.57. The summed E-state index contributed by atoms with van der Waals surface area (Å²) in [7, 11) is 0. The molecule has 1 aromatic rings. The molecule has 18 heavy (non-hydrogen) atoms. The first-order valence-corrected chi connectivity index (χ1v) is 5.70. The van der Waals surface area contributed by atoms with Crippen LogP contribution in [0.2, 0.25) is 0 Å². The van der Waals surface area contributed by atoms with Gasteiger partial charge in [-0.3, -0.25) is 9.78 Å². The first kappa shape index (κ1) is 12.5. The summed E-state index contributed by atoms with van der Waals surface area (Å²) in [6.07, 6.45) is 1.94. The monoisotopic (exact) mass is 250 g/mol. The van der Waals surface area contributed by atoms with E-state index in [9.17, 15) is 9.59 Å². The van der Waals surface area contributed by atoms with Crippen molar-refractivity contribution in [1.29, 1.82) is 0 Å². The van der Waals surface area contributed by atoms with Crippen molar-refractivity contribution in [3.8, 4) is 0 Å². The molecule has 0 aliphatic carbocycles. The third-order valence-corrected chi connectivity index (χ3v) is 2.94. The van der Waals surface area contributed by atoms with Gasteiger partial charge in [-0.1, -0.05) is 0 Å². The normalized spacial score (nSPS) is 22.7. The minimum absolute atomic E-state index is 0.00718. The lowest BCUT2D eigenvalue weighted by Crippen LogP contribution is -2.39. The van der Waals surface area contributed by atoms with Crippen LogP contribution < -0.4 is 5.32 Å². The highest BCUT2D eigenvalue weighted by Crippen LogP contribution is 2.13. The summed E-state index contributed by atoms with van der Waals surface area (Å²) >= 11 is 0. The number of carboxylic acid groups (broad SMARTS) is 1. The van der Waals surface area contributed by atoms with E-state index in [-0.39, 0.29) is 29.3 Å². The van der Waals surface area contributed by atoms with Crippen LogP contribution in [0.5, 0.6) is 0 Å². The summed E-state index contributed by atoms with van der Waals surface area (Å²) in [5.74, 6) is -1.37. The zero-order valence-corrected chi connectivity index (χ0v) is 9.92. The molecule has 2 unspecified atom stereocenters. The van der Waals surface area contributed by atoms with Crippen molar-refractivity contribution >= 4 is 11.9 Å². The summed E-state index contributed by atoms with van der Waals surface area (Å²) in [5, 5.41) is 11.5. The quantitative estimate of drug-likeness (QED) is 0.823. The Morgan fingerprint density at radius 3 is 2.78 bits per heavy atom. The minimum atomic E-state index is -1.06. The number of aromatic nitrogens is 1. The molecule has 0 saturated carbocycles. The third-order valence-electron chi connectivity index (χ3n) is 2.94. The van der Waals surface area contributed by atoms with E-state index < -0.39 is 5.97 Å². The molecule has 1 aromatic heterocycles. The summed E-state index contributed by atoms with van der Waals surface area (Å²) in [5.41, 5.74) is 0.267. The Hall–Kier alpha value is -1.95. The van der Waals surface area contributed by atoms with Crippen LogP contribution in [0.25, 0.3) is 0 Å². The molecular formula is C12H14N2O4. The molecule has 2 rings (SSSR count). The number of nitrogens with zero attached hydrogens (tertiary/aromatic N) is 1. The molecular weight excluding hydrogens is 236 g/mol. The molecule has 2 heterocycles. The lowest BCUT2D eigenvalue weighted by molar-refractivity contribution is 0.0695. The molecule has 1 amide bonds. The zero-order chi connectivity index (χ0) is 13.1. The van der Waals surface area contributed by atoms with E-state index in [1.54, 1.807) is 0 Å². The number of amides is 1. The highest BCUT2D eigenvalue weighted by molar-refractivity contribution is 5.93. The van der Waals surface area contributed by atoms with Crippen molar-refractivity contribution < 1.29 is 19.4 Å². The molecule has 2 N–H and O–H groups in total. The summed E-state index contributed by atoms with van der Waals surface area (Å²) in [6.45, 7) is 2.54. The number of carbonyl (C=O) groups excluding carboxylic acids is 1. The summed E-state index contributed by atoms with van der Waals surface area (Å²) < 4.78 is 5.34. The standard InChI is InChI=1S/C12H14N2O4/c1-7-9(4-5-18-7)14-11(15)10-3-2-8(6-13-10)12(16)17/h2-3,6-7,9H,4-5H2,1H3,(H,14,15)(H,16,17). The van der Waals surface area contributed by atoms with E-state index in [1.807, 2.05) is 6.92 Å². The van der Waals surface area contributed by atoms with Gasteiger partial charge in [-0.25, -0.2) is 4.79 Å². The second-order valence-electron chi connectivity index (χ2n) is 4.18. The highest BCUT2D eigenvalue weighted by Gasteiger charge is 2.26. The Bertz CT molecular complexity index is 458. The number of ether oxygens (including phenoxy) is 1. The van der Waals surface area contributed by atoms with Gasteiger partial charge in [0.1, 0.15) is 5.69 Å². The number of pyridine rings is 1. The molecule has 0 bridgehead atoms. The molecule has 1 saturated heterocycles. The first-order chi connectivity index (χ1) is 8.58. The number of carboxylic acids is 1. The average Bonchev–Trinajstić information content (AvgIpc) is 2.75. The van der Waals surface area contributed by atoms with E-state index in [0.717, 1.165) is 6.42 Å². The number of nitrogens with one attached hydrogen (secondary N) is 1. The van der Waals surface area contributed by atoms with Crippen LogP contribution in [-0.4, -0.2) is 40.7 Å². The molecule has 1 aliphatic heterocycles. The number of carbonyl (C=O) groups is 2. The van der Waals surface area contributed by atoms with E-state index in [4.69, 9.17) is 9.84 Å². The summed E-state index contributed by atoms with van der Waals surface area (Å²) in [4.78, 5) is 26.3. The van der Waals surface area contributed by atoms with E-state index in [0.29, 0.717) is 6.61 Å². The van der Waals surface area contributed by atoms with Gasteiger partial charge in [-0.15, -0.1) is 0 Å². The molecule has 0 aromatic carbocycles. The maximum atomic E-state index is 11.9. The number of hydrogen-bond acceptors (Lipinski definition) is 4. The molecule has 96 valence electrons. The molecule has 6 nitrogen and oxygen atoms in total. The Morgan fingerprint density at radius 2 is 2.28 bits per heavy atom. The van der Waals surface area contributed by atoms with Gasteiger partial charge in [0.25, 0.3) is 5.91 Å². The molecule has 6 heteroatoms. The molecule has 1 aliphatic rings. The summed E-state index contributed by atoms with van der Waals surface area (Å²) in [6, 6.07) is 2.75. The van der Waals surface area contributed by atoms with Gasteiger partial charge < -0.3 is 15.2 Å². The van der Waals surface area contributed by atoms with Crippen LogP contribution in [-0.2, 0) is 4.74 Å². The second kappa shape index (κ2) is 5.14. The van der Waals surface area contributed by atoms with Gasteiger partial charge in [0.05, 0.1) is 17.7 Å². The maximum absolute atomic E-state index is 11.9. The minimum Gasteiger partial charge on any atom is -0.478 e. The zero-order valence-electron chi connectivity index (χ0n) is 9.92. The van der Waals surface area contributed by atoms with Gasteiger partial charge in [0, 0.05) is 12.8 Å². The van der Waals surface area contributed by atoms with Crippen molar-refractivity contribution in [1.82, 2.24) is 10.3 Å². The predicted octanol–water partition coefficient (Wildman–Crippen LogP) is 0.687. The fourth-order valence-corrected chi connectivity index (χ4v) is 1.82. The van der Waals surface area contributed by atoms with Crippen molar-refractivity contribution in [2.45, 2.75) is 25.5 Å². The maximum Gasteiger partial charge on any atom is 0.337 e. The smallest absolute Gasteiger partial charge is 0.337 e. The Morgan fingerprint density at radius 1 is 1.50 bits per heavy atom. The van der Waals surface area contributed by atoms with E-state index in [1.165, 1.54) is 18.3 Å². The fourth-order valence-electron chi connectivity index (χ4n) is 1.82. The van der Waals surface area contributed by atoms with Crippen LogP contribution in [0.1, 0.15) is 34.2 Å². The van der Waals surface area contributed by atoms with Crippen molar-refractivity contribution in [3.05, 3.63) is 29.6 Å². The molecule has 0 radical (unpaired) electrons. The van der Waals surface area contributed by atoms with Gasteiger partial charge in [0.15, 0.2) is 0 Å². The van der Waals surface area contributed by atoms with Gasteiger partial charge >= 0.3 is 5.97 Å². The van der Waals surface area contributed by atoms with Crippen LogP contribution in [0, 0.1) is 0 Å². The largest absolute Gasteiger partial charge is 0.478 e. The second-order valence-corrected chi connectivity index (χ2v) is 4.18. The highest BCUT2D eigenvalue weighted by atomic mass is 16.5. The SMILES string of the molecule is CC1OCCC1NC(=O)c1ccc(C(=O)O)cn1. The van der Waals surface area contributed by atoms with E-state index >= 15 is 0 Å². The third kappa shape index (κ3) is 2.65. The van der Waals surface area contributed by atoms with Gasteiger partial charge in [-0.05, 0) is 25.5 Å². The van der Waals surface area contributed by atoms with Crippen molar-refractivity contribution in [3.63, 3.8) is 0 Å². The van der Waals surface area contributed by atoms with Crippen LogP contribution >= 0.6 is 0 Å². The first-order valence-electron chi connectivity index (χ1n) is 5.70. The number of aromatic carboxylic acids is 1. The van der Waals surface area contributed by atoms with Crippen LogP contribution in [0.15, 0.2) is 18.3 Å². The fraction of sp³-hybridized carbons (Fsp3) is 0.417. The van der Waals surface area contributed by atoms with Gasteiger partial charge in [0.2, 0.25) is 0 Å². The predicted molar refractivity (Wildman–Crippen MR) is 62.5 cm³/mol. The lowest BCUT2D eigenvalue weighted by Gasteiger charge is -2.15. The average molecular weight is 250 g/mol. The van der Waals surface area contributed by atoms with Crippen LogP contribution in [0.3, 0.4) is 0 Å². The lowest BCUT2D eigenvalue weighted by atomic mass is 10.1. The van der Waals surface area contributed by atoms with Crippen molar-refractivity contribution in [2.75, 3.05) is 6.61 Å². The Balaban J connectivity index is 2.02. The molecule has 2 atom stereocenters. The Labute approximate surface area is 104 Å². The molecule has 1 fully saturated rings. The number of rotatable bonds is 3.